The highest BCUT2D eigenvalue weighted by Gasteiger charge is 2.49. The smallest absolute Gasteiger partial charge is 0.351 e. The minimum Gasteiger partial charge on any atom is -0.351 e. The molecule has 22 nitrogen and oxygen atoms in total. The molecule has 498 valence electrons. The molecule has 90 heavy (non-hydrogen) atoms. The Morgan fingerprint density at radius 2 is 1.27 bits per heavy atom. The first-order valence-electron chi connectivity index (χ1n) is 31.1. The fourth-order valence-electron chi connectivity index (χ4n) is 12.1. The quantitative estimate of drug-likeness (QED) is 0.259. The summed E-state index contributed by atoms with van der Waals surface area (Å²) in [6.45, 7) is 10.8. The number of nitrogens with zero attached hydrogens (tertiary/aromatic N) is 7. The molecule has 0 unspecified atom stereocenters. The number of fused-ring (bicyclic) bond motifs is 1. The molecule has 0 aromatic heterocycles. The number of carbonyl (C=O) groups excluding carboxylic acids is 11. The van der Waals surface area contributed by atoms with Gasteiger partial charge in [0.05, 0.1) is 30.2 Å². The Bertz CT molecular complexity index is 2930. The van der Waals surface area contributed by atoms with Gasteiger partial charge in [0.15, 0.2) is 0 Å². The maximum atomic E-state index is 15.0. The molecule has 3 fully saturated rings. The molecule has 2 heterocycles. The van der Waals surface area contributed by atoms with Gasteiger partial charge in [-0.1, -0.05) is 109 Å². The minimum atomic E-state index is -4.75. The highest BCUT2D eigenvalue weighted by atomic mass is 35.5. The first kappa shape index (κ1) is 73.4. The molecule has 2 saturated heterocycles. The van der Waals surface area contributed by atoms with Crippen molar-refractivity contribution >= 4 is 76.6 Å². The minimum absolute atomic E-state index is 0.0430. The van der Waals surface area contributed by atoms with E-state index in [4.69, 9.17) is 11.6 Å². The Morgan fingerprint density at radius 3 is 1.86 bits per heavy atom. The average Bonchev–Trinajstić information content (AvgIpc) is 1.54. The van der Waals surface area contributed by atoms with Crippen molar-refractivity contribution in [3.63, 3.8) is 0 Å². The van der Waals surface area contributed by atoms with Crippen LogP contribution in [0.5, 0.6) is 0 Å². The predicted molar refractivity (Wildman–Crippen MR) is 331 cm³/mol. The summed E-state index contributed by atoms with van der Waals surface area (Å²) in [7, 11) is 8.36. The van der Waals surface area contributed by atoms with Gasteiger partial charge in [-0.3, -0.25) is 52.7 Å². The number of amides is 11. The molecule has 2 aliphatic heterocycles. The average molecular weight is 1280 g/mol. The van der Waals surface area contributed by atoms with Crippen molar-refractivity contribution < 1.29 is 65.9 Å². The van der Waals surface area contributed by atoms with Crippen molar-refractivity contribution in [2.75, 3.05) is 68.5 Å². The summed E-state index contributed by atoms with van der Waals surface area (Å²) in [5.41, 5.74) is -1.65. The lowest BCUT2D eigenvalue weighted by atomic mass is 9.92. The van der Waals surface area contributed by atoms with Crippen LogP contribution in [-0.2, 0) is 71.8 Å². The van der Waals surface area contributed by atoms with E-state index >= 15 is 0 Å². The Kier molecular flexibility index (Phi) is 26.2. The van der Waals surface area contributed by atoms with E-state index in [9.17, 15) is 65.9 Å². The SMILES string of the molecule is CC[C@H](C)[C@@H]1NC(=O)[C@H](CC(C)C)N(C)C(=O)C[C@@H](C)NC(=O)[C@H](C(C)C)N(C)C(=O)C2(CCCC2)NC(=O)[C@@H]2CCCN2C(=O)[C@H](CCc2ccc(C(F)(F)F)c(Cl)c2)NC(=O)CN(C)C(=O)[C@H](Cc2ccccc2)N(C)C(=O)CN(C)C(=O)CN(C)C1=O. The third kappa shape index (κ3) is 18.9. The predicted octanol–water partition coefficient (Wildman–Crippen LogP) is 4.44. The van der Waals surface area contributed by atoms with Crippen LogP contribution in [0, 0.1) is 17.8 Å². The normalized spacial score (nSPS) is 25.0. The summed E-state index contributed by atoms with van der Waals surface area (Å²) in [4.78, 5) is 167. The Labute approximate surface area is 532 Å². The molecular weight excluding hydrogens is 1190 g/mol. The first-order valence-corrected chi connectivity index (χ1v) is 31.4. The second-order valence-electron chi connectivity index (χ2n) is 25.5. The Hall–Kier alpha value is -7.31. The van der Waals surface area contributed by atoms with E-state index in [1.165, 1.54) is 63.1 Å². The zero-order chi connectivity index (χ0) is 67.3. The number of hydrogen-bond donors (Lipinski definition) is 4. The zero-order valence-corrected chi connectivity index (χ0v) is 55.1. The van der Waals surface area contributed by atoms with Gasteiger partial charge in [-0.05, 0) is 92.9 Å². The van der Waals surface area contributed by atoms with Gasteiger partial charge >= 0.3 is 6.18 Å². The monoisotopic (exact) mass is 1280 g/mol. The van der Waals surface area contributed by atoms with Gasteiger partial charge in [0.25, 0.3) is 0 Å². The molecule has 8 atom stereocenters. The van der Waals surface area contributed by atoms with E-state index < -0.39 is 161 Å². The number of nitrogens with one attached hydrogen (secondary N) is 4. The Morgan fingerprint density at radius 1 is 0.656 bits per heavy atom. The standard InChI is InChI=1S/C64H93ClF3N11O11/c1-14-40(6)54-61(89)75(10)36-52(82)73(8)37-53(83)77(12)49(34-42-21-16-15-17-22-42)60(88)74(9)35-50(80)70-46(27-25-43-24-26-44(45(65)33-43)64(66,67)68)59(87)79-30-20-23-47(79)57(85)72-63(28-18-19-29-63)62(90)78(13)55(39(4)5)58(86)69-41(7)32-51(81)76(11)48(31-38(2)3)56(84)71-54/h15-17,21-22,24,26,33,38-41,46-49,54-55H,14,18-20,23,25,27-32,34-37H2,1-13H3,(H,69,86)(H,70,80)(H,71,84)(H,72,85)/t40-,41+,46-,47-,48-,49-,54-,55-/m0/s1. The second kappa shape index (κ2) is 32.1. The van der Waals surface area contributed by atoms with Crippen LogP contribution in [0.3, 0.4) is 0 Å². The van der Waals surface area contributed by atoms with Gasteiger partial charge in [-0.15, -0.1) is 0 Å². The van der Waals surface area contributed by atoms with Crippen LogP contribution >= 0.6 is 11.6 Å². The van der Waals surface area contributed by atoms with Crippen LogP contribution in [-0.4, -0.2) is 216 Å². The largest absolute Gasteiger partial charge is 0.417 e. The molecule has 0 bridgehead atoms. The van der Waals surface area contributed by atoms with Crippen molar-refractivity contribution in [2.45, 2.75) is 180 Å². The first-order chi connectivity index (χ1) is 42.1. The third-order valence-corrected chi connectivity index (χ3v) is 17.9. The molecule has 1 spiro atoms. The summed E-state index contributed by atoms with van der Waals surface area (Å²) in [5.74, 6) is -8.20. The number of aryl methyl sites for hydroxylation is 1. The fourth-order valence-corrected chi connectivity index (χ4v) is 12.4. The number of hydrogen-bond acceptors (Lipinski definition) is 11. The summed E-state index contributed by atoms with van der Waals surface area (Å²) < 4.78 is 41.2. The van der Waals surface area contributed by atoms with Gasteiger partial charge in [-0.2, -0.15) is 13.2 Å². The number of alkyl halides is 3. The summed E-state index contributed by atoms with van der Waals surface area (Å²) in [6.07, 6.45) is -2.74. The number of rotatable bonds is 10. The summed E-state index contributed by atoms with van der Waals surface area (Å²) in [6, 6.07) is 3.86. The van der Waals surface area contributed by atoms with E-state index in [2.05, 4.69) is 21.3 Å². The maximum absolute atomic E-state index is 15.0. The molecule has 11 amide bonds. The molecule has 2 aromatic carbocycles. The van der Waals surface area contributed by atoms with Gasteiger partial charge in [0.2, 0.25) is 65.0 Å². The lowest BCUT2D eigenvalue weighted by Gasteiger charge is -2.39. The molecule has 3 aliphatic rings. The van der Waals surface area contributed by atoms with Crippen LogP contribution in [0.2, 0.25) is 5.02 Å². The van der Waals surface area contributed by atoms with Crippen molar-refractivity contribution in [1.29, 1.82) is 0 Å². The molecule has 1 aliphatic carbocycles. The van der Waals surface area contributed by atoms with E-state index in [1.807, 2.05) is 20.8 Å². The summed E-state index contributed by atoms with van der Waals surface area (Å²) >= 11 is 6.10. The van der Waals surface area contributed by atoms with Gasteiger partial charge in [-0.25, -0.2) is 0 Å². The van der Waals surface area contributed by atoms with Gasteiger partial charge < -0.3 is 55.6 Å². The maximum Gasteiger partial charge on any atom is 0.417 e. The highest BCUT2D eigenvalue weighted by molar-refractivity contribution is 6.31. The number of benzene rings is 2. The molecule has 1 saturated carbocycles. The molecule has 26 heteroatoms. The molecule has 4 N–H and O–H groups in total. The van der Waals surface area contributed by atoms with Crippen molar-refractivity contribution in [3.05, 3.63) is 70.2 Å². The van der Waals surface area contributed by atoms with Gasteiger partial charge in [0, 0.05) is 67.7 Å². The highest BCUT2D eigenvalue weighted by Crippen LogP contribution is 2.36. The van der Waals surface area contributed by atoms with E-state index in [0.717, 1.165) is 31.7 Å². The zero-order valence-electron chi connectivity index (χ0n) is 54.3. The van der Waals surface area contributed by atoms with Crippen LogP contribution in [0.15, 0.2) is 48.5 Å². The van der Waals surface area contributed by atoms with Crippen LogP contribution in [0.25, 0.3) is 0 Å². The van der Waals surface area contributed by atoms with Gasteiger partial charge in [0.1, 0.15) is 41.8 Å². The molecule has 2 aromatic rings. The van der Waals surface area contributed by atoms with Crippen molar-refractivity contribution in [2.24, 2.45) is 17.8 Å². The van der Waals surface area contributed by atoms with E-state index in [0.29, 0.717) is 36.8 Å². The molecule has 5 rings (SSSR count). The molecule has 0 radical (unpaired) electrons. The molecular formula is C64H93ClF3N11O11. The van der Waals surface area contributed by atoms with E-state index in [1.54, 1.807) is 58.0 Å². The van der Waals surface area contributed by atoms with Crippen LogP contribution in [0.1, 0.15) is 129 Å². The number of carbonyl (C=O) groups is 11. The second-order valence-corrected chi connectivity index (χ2v) is 25.9. The topological polar surface area (TPSA) is 259 Å². The number of halogens is 4. The summed E-state index contributed by atoms with van der Waals surface area (Å²) in [5, 5.41) is 10.9. The Balaban J connectivity index is 1.55. The van der Waals surface area contributed by atoms with Crippen LogP contribution < -0.4 is 21.3 Å². The lowest BCUT2D eigenvalue weighted by Crippen LogP contribution is -2.64. The third-order valence-electron chi connectivity index (χ3n) is 17.6. The fraction of sp³-hybridized carbons (Fsp3) is 0.641. The number of likely N-dealkylation sites (N-methyl/N-ethyl adjacent to an activating group) is 6. The van der Waals surface area contributed by atoms with Crippen molar-refractivity contribution in [1.82, 2.24) is 55.6 Å². The lowest BCUT2D eigenvalue weighted by molar-refractivity contribution is -0.149. The van der Waals surface area contributed by atoms with Crippen LogP contribution in [0.4, 0.5) is 13.2 Å². The van der Waals surface area contributed by atoms with E-state index in [-0.39, 0.29) is 63.8 Å². The van der Waals surface area contributed by atoms with Crippen molar-refractivity contribution in [3.8, 4) is 0 Å².